The van der Waals surface area contributed by atoms with Crippen molar-refractivity contribution in [1.82, 2.24) is 4.90 Å². The van der Waals surface area contributed by atoms with Gasteiger partial charge in [-0.25, -0.2) is 0 Å². The standard InChI is InChI=1S/C11H12F3N.C7H15NO3/c12-11(13,14)9-5-1-2-6-10(9)15-7-3-4-8-15;1-8-3-7(11)6(10)2-5(8)4-9/h1-2,5-6H,3-4,7-8H2;5-7,9-11H,2-4H2,1H3/t;5-,6?,7+/m.1/s1. The quantitative estimate of drug-likeness (QED) is 0.733. The summed E-state index contributed by atoms with van der Waals surface area (Å²) in [5.74, 6) is 0. The van der Waals surface area contributed by atoms with Crippen LogP contribution in [0, 0.1) is 0 Å². The first-order valence-electron chi connectivity index (χ1n) is 8.82. The normalized spacial score (nSPS) is 27.2. The molecule has 1 aromatic carbocycles. The molecule has 0 aromatic heterocycles. The van der Waals surface area contributed by atoms with Crippen molar-refractivity contribution in [1.29, 1.82) is 0 Å². The zero-order valence-corrected chi connectivity index (χ0v) is 14.9. The average Bonchev–Trinajstić information content (AvgIpc) is 3.12. The van der Waals surface area contributed by atoms with Crippen LogP contribution in [-0.2, 0) is 6.18 Å². The number of benzene rings is 1. The minimum Gasteiger partial charge on any atom is -0.395 e. The molecule has 26 heavy (non-hydrogen) atoms. The number of alkyl halides is 3. The monoisotopic (exact) mass is 376 g/mol. The van der Waals surface area contributed by atoms with Crippen molar-refractivity contribution in [2.24, 2.45) is 0 Å². The Bertz CT molecular complexity index is 565. The van der Waals surface area contributed by atoms with Crippen LogP contribution in [0.25, 0.3) is 0 Å². The molecule has 0 spiro atoms. The minimum absolute atomic E-state index is 0.00611. The summed E-state index contributed by atoms with van der Waals surface area (Å²) in [5.41, 5.74) is -0.200. The molecule has 0 radical (unpaired) electrons. The van der Waals surface area contributed by atoms with Crippen molar-refractivity contribution in [3.8, 4) is 0 Å². The summed E-state index contributed by atoms with van der Waals surface area (Å²) >= 11 is 0. The van der Waals surface area contributed by atoms with E-state index in [1.165, 1.54) is 6.07 Å². The maximum Gasteiger partial charge on any atom is 0.418 e. The fourth-order valence-electron chi connectivity index (χ4n) is 3.34. The van der Waals surface area contributed by atoms with Gasteiger partial charge in [0.2, 0.25) is 0 Å². The summed E-state index contributed by atoms with van der Waals surface area (Å²) in [6.45, 7) is 1.94. The Balaban J connectivity index is 0.000000197. The van der Waals surface area contributed by atoms with E-state index in [0.717, 1.165) is 32.0 Å². The number of halogens is 3. The molecule has 5 nitrogen and oxygen atoms in total. The van der Waals surface area contributed by atoms with Crippen LogP contribution < -0.4 is 4.90 Å². The second-order valence-electron chi connectivity index (χ2n) is 6.86. The smallest absolute Gasteiger partial charge is 0.395 e. The Kier molecular flexibility index (Phi) is 7.28. The molecule has 0 aliphatic carbocycles. The van der Waals surface area contributed by atoms with Crippen LogP contribution in [0.1, 0.15) is 24.8 Å². The number of rotatable bonds is 2. The number of aliphatic hydroxyl groups is 3. The SMILES string of the molecule is CN1C[C@H](O)C(O)C[C@@H]1CO.FC(F)(F)c1ccccc1N1CCCC1. The van der Waals surface area contributed by atoms with Gasteiger partial charge >= 0.3 is 6.18 Å². The molecule has 2 heterocycles. The number of hydrogen-bond donors (Lipinski definition) is 3. The molecule has 3 rings (SSSR count). The molecule has 0 bridgehead atoms. The van der Waals surface area contributed by atoms with Crippen LogP contribution >= 0.6 is 0 Å². The highest BCUT2D eigenvalue weighted by molar-refractivity contribution is 5.55. The van der Waals surface area contributed by atoms with Crippen LogP contribution in [0.2, 0.25) is 0 Å². The lowest BCUT2D eigenvalue weighted by Gasteiger charge is -2.37. The van der Waals surface area contributed by atoms with Gasteiger partial charge in [0, 0.05) is 31.4 Å². The van der Waals surface area contributed by atoms with E-state index >= 15 is 0 Å². The van der Waals surface area contributed by atoms with Gasteiger partial charge in [0.05, 0.1) is 24.4 Å². The summed E-state index contributed by atoms with van der Waals surface area (Å²) in [7, 11) is 1.83. The lowest BCUT2D eigenvalue weighted by Crippen LogP contribution is -2.51. The van der Waals surface area contributed by atoms with E-state index in [1.54, 1.807) is 12.1 Å². The highest BCUT2D eigenvalue weighted by atomic mass is 19.4. The average molecular weight is 376 g/mol. The third-order valence-electron chi connectivity index (χ3n) is 4.92. The van der Waals surface area contributed by atoms with Crippen LogP contribution in [0.3, 0.4) is 0 Å². The number of piperidine rings is 1. The molecule has 0 saturated carbocycles. The predicted molar refractivity (Wildman–Crippen MR) is 93.0 cm³/mol. The molecule has 3 N–H and O–H groups in total. The van der Waals surface area contributed by atoms with Crippen LogP contribution in [0.5, 0.6) is 0 Å². The number of likely N-dealkylation sites (tertiary alicyclic amines) is 1. The Morgan fingerprint density at radius 1 is 1.08 bits per heavy atom. The molecule has 1 unspecified atom stereocenters. The first-order chi connectivity index (χ1) is 12.2. The lowest BCUT2D eigenvalue weighted by molar-refractivity contribution is -0.137. The van der Waals surface area contributed by atoms with E-state index < -0.39 is 23.9 Å². The number of β-amino-alcohol motifs (C(OH)–C–C–N with tert-alkyl or cyclic N) is 1. The van der Waals surface area contributed by atoms with Crippen LogP contribution in [0.15, 0.2) is 24.3 Å². The van der Waals surface area contributed by atoms with E-state index in [-0.39, 0.29) is 12.6 Å². The summed E-state index contributed by atoms with van der Waals surface area (Å²) in [6.07, 6.45) is -3.18. The summed E-state index contributed by atoms with van der Waals surface area (Å²) in [5, 5.41) is 27.2. The fourth-order valence-corrected chi connectivity index (χ4v) is 3.34. The molecule has 2 fully saturated rings. The Hall–Kier alpha value is -1.35. The molecule has 2 saturated heterocycles. The minimum atomic E-state index is -4.25. The van der Waals surface area contributed by atoms with Gasteiger partial charge in [-0.1, -0.05) is 12.1 Å². The second kappa shape index (κ2) is 9.03. The van der Waals surface area contributed by atoms with Crippen molar-refractivity contribution >= 4 is 5.69 Å². The number of likely N-dealkylation sites (N-methyl/N-ethyl adjacent to an activating group) is 1. The number of nitrogens with zero attached hydrogens (tertiary/aromatic N) is 2. The molecule has 3 atom stereocenters. The molecular weight excluding hydrogens is 349 g/mol. The largest absolute Gasteiger partial charge is 0.418 e. The van der Waals surface area contributed by atoms with Gasteiger partial charge in [0.1, 0.15) is 0 Å². The van der Waals surface area contributed by atoms with Gasteiger partial charge in [-0.05, 0) is 38.4 Å². The molecule has 0 amide bonds. The molecule has 148 valence electrons. The number of para-hydroxylation sites is 1. The van der Waals surface area contributed by atoms with Gasteiger partial charge in [0.25, 0.3) is 0 Å². The van der Waals surface area contributed by atoms with E-state index in [9.17, 15) is 23.4 Å². The predicted octanol–water partition coefficient (Wildman–Crippen LogP) is 1.71. The molecule has 8 heteroatoms. The fraction of sp³-hybridized carbons (Fsp3) is 0.667. The molecule has 1 aromatic rings. The summed E-state index contributed by atoms with van der Waals surface area (Å²) in [6, 6.07) is 5.78. The highest BCUT2D eigenvalue weighted by Gasteiger charge is 2.35. The summed E-state index contributed by atoms with van der Waals surface area (Å²) in [4.78, 5) is 3.67. The van der Waals surface area contributed by atoms with Gasteiger partial charge in [0.15, 0.2) is 0 Å². The van der Waals surface area contributed by atoms with E-state index in [4.69, 9.17) is 5.11 Å². The second-order valence-corrected chi connectivity index (χ2v) is 6.86. The Morgan fingerprint density at radius 3 is 2.27 bits per heavy atom. The van der Waals surface area contributed by atoms with Gasteiger partial charge < -0.3 is 20.2 Å². The molecular formula is C18H27F3N2O3. The molecule has 2 aliphatic rings. The van der Waals surface area contributed by atoms with Gasteiger partial charge in [-0.2, -0.15) is 13.2 Å². The molecule has 2 aliphatic heterocycles. The maximum absolute atomic E-state index is 12.7. The number of hydrogen-bond acceptors (Lipinski definition) is 5. The number of aliphatic hydroxyl groups excluding tert-OH is 3. The Labute approximate surface area is 151 Å². The highest BCUT2D eigenvalue weighted by Crippen LogP contribution is 2.37. The van der Waals surface area contributed by atoms with Crippen molar-refractivity contribution in [2.45, 2.75) is 43.7 Å². The van der Waals surface area contributed by atoms with E-state index in [1.807, 2.05) is 16.8 Å². The first kappa shape index (κ1) is 21.0. The Morgan fingerprint density at radius 2 is 1.69 bits per heavy atom. The number of anilines is 1. The lowest BCUT2D eigenvalue weighted by atomic mass is 9.98. The first-order valence-corrected chi connectivity index (χ1v) is 8.82. The topological polar surface area (TPSA) is 67.2 Å². The third kappa shape index (κ3) is 5.33. The van der Waals surface area contributed by atoms with E-state index in [2.05, 4.69) is 0 Å². The maximum atomic E-state index is 12.7. The van der Waals surface area contributed by atoms with Crippen LogP contribution in [-0.4, -0.2) is 71.8 Å². The van der Waals surface area contributed by atoms with Crippen molar-refractivity contribution in [2.75, 3.05) is 38.2 Å². The third-order valence-corrected chi connectivity index (χ3v) is 4.92. The van der Waals surface area contributed by atoms with Crippen molar-refractivity contribution < 1.29 is 28.5 Å². The van der Waals surface area contributed by atoms with E-state index in [0.29, 0.717) is 18.7 Å². The van der Waals surface area contributed by atoms with Gasteiger partial charge in [-0.15, -0.1) is 0 Å². The zero-order valence-electron chi connectivity index (χ0n) is 14.9. The van der Waals surface area contributed by atoms with Gasteiger partial charge in [-0.3, -0.25) is 4.90 Å². The van der Waals surface area contributed by atoms with Crippen LogP contribution in [0.4, 0.5) is 18.9 Å². The van der Waals surface area contributed by atoms with Crippen molar-refractivity contribution in [3.05, 3.63) is 29.8 Å². The van der Waals surface area contributed by atoms with Crippen molar-refractivity contribution in [3.63, 3.8) is 0 Å². The zero-order chi connectivity index (χ0) is 19.3. The summed E-state index contributed by atoms with van der Waals surface area (Å²) < 4.78 is 38.0.